The first-order valence-corrected chi connectivity index (χ1v) is 3.96. The van der Waals surface area contributed by atoms with E-state index in [1.807, 2.05) is 0 Å². The molecule has 1 amide bonds. The van der Waals surface area contributed by atoms with Gasteiger partial charge in [-0.15, -0.1) is 11.3 Å². The van der Waals surface area contributed by atoms with Crippen LogP contribution in [-0.4, -0.2) is 11.1 Å². The van der Waals surface area contributed by atoms with Crippen molar-refractivity contribution in [1.29, 1.82) is 0 Å². The van der Waals surface area contributed by atoms with E-state index in [0.29, 0.717) is 10.2 Å². The molecule has 0 aliphatic carbocycles. The lowest BCUT2D eigenvalue weighted by atomic mass is 10.5. The monoisotopic (exact) mass is 192 g/mol. The number of nitrogens with zero attached hydrogens (tertiary/aromatic N) is 1. The molecule has 0 spiro atoms. The number of amides is 1. The summed E-state index contributed by atoms with van der Waals surface area (Å²) in [5.41, 5.74) is 5.34. The fourth-order valence-corrected chi connectivity index (χ4v) is 1.26. The average molecular weight is 193 g/mol. The first kappa shape index (κ1) is 8.29. The number of aromatic nitrogens is 1. The highest BCUT2D eigenvalue weighted by Crippen LogP contribution is 2.15. The smallest absolute Gasteiger partial charge is 0.404 e. The quantitative estimate of drug-likeness (QED) is 0.770. The average Bonchev–Trinajstić information content (AvgIpc) is 2.31. The number of nitrogens with two attached hydrogens (primary N) is 1. The van der Waals surface area contributed by atoms with E-state index < -0.39 is 6.09 Å². The molecule has 60 valence electrons. The second kappa shape index (κ2) is 3.54. The summed E-state index contributed by atoms with van der Waals surface area (Å²) in [5.74, 6) is 0. The van der Waals surface area contributed by atoms with Crippen molar-refractivity contribution >= 4 is 29.0 Å². The van der Waals surface area contributed by atoms with Crippen LogP contribution in [0.2, 0.25) is 4.47 Å². The van der Waals surface area contributed by atoms with Gasteiger partial charge < -0.3 is 10.5 Å². The molecule has 0 aliphatic heterocycles. The Kier molecular flexibility index (Phi) is 2.67. The van der Waals surface area contributed by atoms with Crippen LogP contribution in [0, 0.1) is 0 Å². The number of thiazole rings is 1. The van der Waals surface area contributed by atoms with E-state index in [1.165, 1.54) is 11.3 Å². The fourth-order valence-electron chi connectivity index (χ4n) is 0.494. The number of ether oxygens (including phenoxy) is 1. The van der Waals surface area contributed by atoms with Crippen LogP contribution in [0.15, 0.2) is 5.38 Å². The Morgan fingerprint density at radius 2 is 2.64 bits per heavy atom. The third-order valence-corrected chi connectivity index (χ3v) is 1.91. The molecule has 2 N–H and O–H groups in total. The van der Waals surface area contributed by atoms with E-state index in [2.05, 4.69) is 9.72 Å². The lowest BCUT2D eigenvalue weighted by Crippen LogP contribution is -2.12. The van der Waals surface area contributed by atoms with Gasteiger partial charge in [0, 0.05) is 5.38 Å². The van der Waals surface area contributed by atoms with Crippen LogP contribution in [0.4, 0.5) is 4.79 Å². The first-order valence-electron chi connectivity index (χ1n) is 2.70. The molecule has 0 aliphatic rings. The third-order valence-electron chi connectivity index (χ3n) is 0.886. The largest absolute Gasteiger partial charge is 0.443 e. The Balaban J connectivity index is 2.45. The van der Waals surface area contributed by atoms with Crippen molar-refractivity contribution in [3.05, 3.63) is 15.5 Å². The molecular formula is C5H5ClN2O2S. The molecule has 0 bridgehead atoms. The molecule has 0 saturated heterocycles. The number of carbonyl (C=O) groups excluding carboxylic acids is 1. The molecule has 1 aromatic rings. The lowest BCUT2D eigenvalue weighted by Gasteiger charge is -1.95. The second-order valence-electron chi connectivity index (χ2n) is 1.70. The van der Waals surface area contributed by atoms with Crippen molar-refractivity contribution in [3.8, 4) is 0 Å². The predicted octanol–water partition coefficient (Wildman–Crippen LogP) is 1.39. The van der Waals surface area contributed by atoms with Crippen molar-refractivity contribution in [2.24, 2.45) is 5.73 Å². The summed E-state index contributed by atoms with van der Waals surface area (Å²) in [6, 6.07) is 0. The highest BCUT2D eigenvalue weighted by molar-refractivity contribution is 7.13. The normalized spacial score (nSPS) is 9.55. The van der Waals surface area contributed by atoms with Crippen LogP contribution in [0.3, 0.4) is 0 Å². The van der Waals surface area contributed by atoms with Crippen molar-refractivity contribution in [1.82, 2.24) is 4.98 Å². The highest BCUT2D eigenvalue weighted by atomic mass is 35.5. The van der Waals surface area contributed by atoms with Crippen LogP contribution in [0.25, 0.3) is 0 Å². The molecule has 1 rings (SSSR count). The van der Waals surface area contributed by atoms with Gasteiger partial charge in [0.2, 0.25) is 0 Å². The molecule has 0 unspecified atom stereocenters. The number of primary amides is 1. The minimum atomic E-state index is -0.811. The molecular weight excluding hydrogens is 188 g/mol. The van der Waals surface area contributed by atoms with Gasteiger partial charge in [-0.05, 0) is 0 Å². The second-order valence-corrected chi connectivity index (χ2v) is 3.14. The zero-order valence-corrected chi connectivity index (χ0v) is 6.98. The van der Waals surface area contributed by atoms with Crippen molar-refractivity contribution in [2.75, 3.05) is 0 Å². The molecule has 0 aromatic carbocycles. The Hall–Kier alpha value is -0.810. The van der Waals surface area contributed by atoms with E-state index in [-0.39, 0.29) is 6.61 Å². The summed E-state index contributed by atoms with van der Waals surface area (Å²) < 4.78 is 4.89. The topological polar surface area (TPSA) is 65.2 Å². The first-order chi connectivity index (χ1) is 5.18. The Morgan fingerprint density at radius 1 is 1.91 bits per heavy atom. The van der Waals surface area contributed by atoms with Gasteiger partial charge in [-0.2, -0.15) is 0 Å². The lowest BCUT2D eigenvalue weighted by molar-refractivity contribution is 0.149. The maximum absolute atomic E-state index is 10.1. The Bertz CT molecular complexity index is 263. The SMILES string of the molecule is NC(=O)OCc1csc(Cl)n1. The van der Waals surface area contributed by atoms with E-state index >= 15 is 0 Å². The standard InChI is InChI=1S/C5H5ClN2O2S/c6-4-8-3(2-11-4)1-10-5(7)9/h2H,1H2,(H2,7,9). The van der Waals surface area contributed by atoms with Gasteiger partial charge >= 0.3 is 6.09 Å². The minimum Gasteiger partial charge on any atom is -0.443 e. The van der Waals surface area contributed by atoms with Crippen molar-refractivity contribution in [2.45, 2.75) is 6.61 Å². The van der Waals surface area contributed by atoms with Gasteiger partial charge in [-0.1, -0.05) is 11.6 Å². The molecule has 0 saturated carbocycles. The Labute approximate surface area is 71.9 Å². The third kappa shape index (κ3) is 2.73. The van der Waals surface area contributed by atoms with Crippen molar-refractivity contribution < 1.29 is 9.53 Å². The zero-order chi connectivity index (χ0) is 8.27. The van der Waals surface area contributed by atoms with Crippen LogP contribution < -0.4 is 5.73 Å². The van der Waals surface area contributed by atoms with Crippen LogP contribution in [-0.2, 0) is 11.3 Å². The zero-order valence-electron chi connectivity index (χ0n) is 5.41. The van der Waals surface area contributed by atoms with Gasteiger partial charge in [-0.3, -0.25) is 0 Å². The fraction of sp³-hybridized carbons (Fsp3) is 0.200. The summed E-state index contributed by atoms with van der Waals surface area (Å²) in [4.78, 5) is 14.0. The summed E-state index contributed by atoms with van der Waals surface area (Å²) in [7, 11) is 0. The van der Waals surface area contributed by atoms with Gasteiger partial charge in [0.15, 0.2) is 4.47 Å². The molecule has 1 aromatic heterocycles. The molecule has 0 fully saturated rings. The van der Waals surface area contributed by atoms with Gasteiger partial charge in [0.25, 0.3) is 0 Å². The summed E-state index contributed by atoms with van der Waals surface area (Å²) in [6.07, 6.45) is -0.811. The summed E-state index contributed by atoms with van der Waals surface area (Å²) >= 11 is 6.79. The maximum atomic E-state index is 10.1. The number of halogens is 1. The number of rotatable bonds is 2. The maximum Gasteiger partial charge on any atom is 0.404 e. The van der Waals surface area contributed by atoms with Crippen molar-refractivity contribution in [3.63, 3.8) is 0 Å². The minimum absolute atomic E-state index is 0.0819. The highest BCUT2D eigenvalue weighted by Gasteiger charge is 2.00. The molecule has 4 nitrogen and oxygen atoms in total. The number of hydrogen-bond donors (Lipinski definition) is 1. The predicted molar refractivity (Wildman–Crippen MR) is 41.5 cm³/mol. The van der Waals surface area contributed by atoms with E-state index in [1.54, 1.807) is 5.38 Å². The molecule has 0 radical (unpaired) electrons. The van der Waals surface area contributed by atoms with Crippen LogP contribution in [0.5, 0.6) is 0 Å². The van der Waals surface area contributed by atoms with Crippen LogP contribution >= 0.6 is 22.9 Å². The molecule has 1 heterocycles. The van der Waals surface area contributed by atoms with Gasteiger partial charge in [-0.25, -0.2) is 9.78 Å². The van der Waals surface area contributed by atoms with Crippen LogP contribution in [0.1, 0.15) is 5.69 Å². The number of hydrogen-bond acceptors (Lipinski definition) is 4. The summed E-state index contributed by atoms with van der Waals surface area (Å²) in [5, 5.41) is 1.70. The summed E-state index contributed by atoms with van der Waals surface area (Å²) in [6.45, 7) is 0.0819. The van der Waals surface area contributed by atoms with Gasteiger partial charge in [0.05, 0.1) is 5.69 Å². The van der Waals surface area contributed by atoms with E-state index in [0.717, 1.165) is 0 Å². The molecule has 11 heavy (non-hydrogen) atoms. The molecule has 6 heteroatoms. The molecule has 0 atom stereocenters. The van der Waals surface area contributed by atoms with E-state index in [9.17, 15) is 4.79 Å². The Morgan fingerprint density at radius 3 is 3.09 bits per heavy atom. The number of carbonyl (C=O) groups is 1. The van der Waals surface area contributed by atoms with Gasteiger partial charge in [0.1, 0.15) is 6.61 Å². The van der Waals surface area contributed by atoms with E-state index in [4.69, 9.17) is 17.3 Å².